The number of anilines is 1. The van der Waals surface area contributed by atoms with Crippen molar-refractivity contribution in [3.8, 4) is 5.75 Å². The van der Waals surface area contributed by atoms with Crippen LogP contribution in [0.3, 0.4) is 0 Å². The Hall–Kier alpha value is -3.19. The molecule has 1 atom stereocenters. The van der Waals surface area contributed by atoms with Crippen LogP contribution in [0.15, 0.2) is 66.0 Å². The number of halogens is 1. The van der Waals surface area contributed by atoms with Gasteiger partial charge in [-0.3, -0.25) is 9.59 Å². The summed E-state index contributed by atoms with van der Waals surface area (Å²) in [5, 5.41) is 4.65. The third-order valence-corrected chi connectivity index (χ3v) is 5.37. The van der Waals surface area contributed by atoms with Crippen LogP contribution in [-0.2, 0) is 9.59 Å². The van der Waals surface area contributed by atoms with E-state index in [1.807, 2.05) is 35.7 Å². The molecule has 1 N–H and O–H groups in total. The van der Waals surface area contributed by atoms with Crippen LogP contribution in [0.5, 0.6) is 5.75 Å². The number of hydrogen-bond donors (Lipinski definition) is 1. The highest BCUT2D eigenvalue weighted by Gasteiger charge is 2.34. The molecule has 0 spiro atoms. The van der Waals surface area contributed by atoms with Crippen molar-refractivity contribution in [3.63, 3.8) is 0 Å². The molecule has 1 aromatic heterocycles. The standard InChI is InChI=1S/C21H17FN2O3S/c22-14-8-9-17-16(11-14)21(18-7-4-10-28-18)24(12-19(25)23-17)20(26)13-27-15-5-2-1-3-6-15/h1-11,21H,12-13H2,(H,23,25). The number of rotatable bonds is 4. The van der Waals surface area contributed by atoms with E-state index in [1.165, 1.54) is 34.4 Å². The lowest BCUT2D eigenvalue weighted by Crippen LogP contribution is -2.41. The number of para-hydroxylation sites is 1. The lowest BCUT2D eigenvalue weighted by molar-refractivity contribution is -0.138. The Morgan fingerprint density at radius 1 is 1.18 bits per heavy atom. The first-order chi connectivity index (χ1) is 13.6. The summed E-state index contributed by atoms with van der Waals surface area (Å²) in [7, 11) is 0. The number of amides is 2. The molecule has 0 fully saturated rings. The third kappa shape index (κ3) is 3.75. The molecular weight excluding hydrogens is 379 g/mol. The van der Waals surface area contributed by atoms with Gasteiger partial charge in [-0.25, -0.2) is 4.39 Å². The number of benzene rings is 2. The highest BCUT2D eigenvalue weighted by molar-refractivity contribution is 7.10. The number of nitrogens with zero attached hydrogens (tertiary/aromatic N) is 1. The maximum Gasteiger partial charge on any atom is 0.261 e. The molecule has 28 heavy (non-hydrogen) atoms. The van der Waals surface area contributed by atoms with E-state index in [9.17, 15) is 14.0 Å². The molecule has 1 aliphatic heterocycles. The van der Waals surface area contributed by atoms with E-state index < -0.39 is 11.9 Å². The summed E-state index contributed by atoms with van der Waals surface area (Å²) in [4.78, 5) is 27.7. The van der Waals surface area contributed by atoms with Gasteiger partial charge in [0.2, 0.25) is 5.91 Å². The van der Waals surface area contributed by atoms with Crippen molar-refractivity contribution in [1.82, 2.24) is 4.90 Å². The van der Waals surface area contributed by atoms with Crippen LogP contribution in [0.2, 0.25) is 0 Å². The van der Waals surface area contributed by atoms with Crippen LogP contribution in [0.4, 0.5) is 10.1 Å². The van der Waals surface area contributed by atoms with Gasteiger partial charge in [0, 0.05) is 16.1 Å². The van der Waals surface area contributed by atoms with Crippen LogP contribution < -0.4 is 10.1 Å². The fourth-order valence-corrected chi connectivity index (χ4v) is 4.06. The van der Waals surface area contributed by atoms with Gasteiger partial charge >= 0.3 is 0 Å². The minimum atomic E-state index is -0.573. The van der Waals surface area contributed by atoms with Gasteiger partial charge in [-0.1, -0.05) is 24.3 Å². The van der Waals surface area contributed by atoms with Gasteiger partial charge in [0.15, 0.2) is 6.61 Å². The topological polar surface area (TPSA) is 58.6 Å². The zero-order valence-corrected chi connectivity index (χ0v) is 15.6. The summed E-state index contributed by atoms with van der Waals surface area (Å²) in [6.45, 7) is -0.361. The van der Waals surface area contributed by atoms with Gasteiger partial charge in [-0.05, 0) is 41.8 Å². The summed E-state index contributed by atoms with van der Waals surface area (Å²) < 4.78 is 19.6. The lowest BCUT2D eigenvalue weighted by atomic mass is 10.0. The maximum atomic E-state index is 14.0. The predicted octanol–water partition coefficient (Wildman–Crippen LogP) is 3.84. The molecule has 0 aliphatic carbocycles. The highest BCUT2D eigenvalue weighted by atomic mass is 32.1. The number of carbonyl (C=O) groups excluding carboxylic acids is 2. The van der Waals surface area contributed by atoms with Crippen LogP contribution in [-0.4, -0.2) is 29.9 Å². The van der Waals surface area contributed by atoms with Gasteiger partial charge in [0.1, 0.15) is 18.1 Å². The Morgan fingerprint density at radius 2 is 2.00 bits per heavy atom. The summed E-state index contributed by atoms with van der Waals surface area (Å²) in [6, 6.07) is 16.3. The van der Waals surface area contributed by atoms with E-state index in [0.29, 0.717) is 17.0 Å². The van der Waals surface area contributed by atoms with Crippen molar-refractivity contribution >= 4 is 28.8 Å². The molecule has 0 saturated carbocycles. The van der Waals surface area contributed by atoms with Crippen LogP contribution in [0.25, 0.3) is 0 Å². The summed E-state index contributed by atoms with van der Waals surface area (Å²) >= 11 is 1.45. The molecule has 1 aliphatic rings. The molecule has 2 aromatic carbocycles. The monoisotopic (exact) mass is 396 g/mol. The molecule has 142 valence electrons. The zero-order valence-electron chi connectivity index (χ0n) is 14.8. The molecular formula is C21H17FN2O3S. The molecule has 1 unspecified atom stereocenters. The van der Waals surface area contributed by atoms with E-state index in [4.69, 9.17) is 4.74 Å². The summed E-state index contributed by atoms with van der Waals surface area (Å²) in [6.07, 6.45) is 0. The van der Waals surface area contributed by atoms with Crippen molar-refractivity contribution in [2.24, 2.45) is 0 Å². The van der Waals surface area contributed by atoms with Crippen LogP contribution in [0, 0.1) is 5.82 Å². The fraction of sp³-hybridized carbons (Fsp3) is 0.143. The second-order valence-corrected chi connectivity index (χ2v) is 7.30. The third-order valence-electron chi connectivity index (χ3n) is 4.45. The van der Waals surface area contributed by atoms with E-state index in [0.717, 1.165) is 4.88 Å². The first kappa shape index (κ1) is 18.2. The average Bonchev–Trinajstić information content (AvgIpc) is 3.18. The number of hydrogen-bond acceptors (Lipinski definition) is 4. The molecule has 2 heterocycles. The fourth-order valence-electron chi connectivity index (χ4n) is 3.21. The first-order valence-electron chi connectivity index (χ1n) is 8.72. The van der Waals surface area contributed by atoms with Gasteiger partial charge < -0.3 is 15.0 Å². The lowest BCUT2D eigenvalue weighted by Gasteiger charge is -2.29. The second kappa shape index (κ2) is 7.82. The van der Waals surface area contributed by atoms with E-state index in [2.05, 4.69) is 5.32 Å². The minimum Gasteiger partial charge on any atom is -0.484 e. The quantitative estimate of drug-likeness (QED) is 0.729. The van der Waals surface area contributed by atoms with Gasteiger partial charge in [-0.2, -0.15) is 0 Å². The molecule has 0 radical (unpaired) electrons. The van der Waals surface area contributed by atoms with Gasteiger partial charge in [-0.15, -0.1) is 11.3 Å². The molecule has 4 rings (SSSR count). The molecule has 0 saturated heterocycles. The van der Waals surface area contributed by atoms with E-state index >= 15 is 0 Å². The Bertz CT molecular complexity index is 992. The molecule has 0 bridgehead atoms. The number of nitrogens with one attached hydrogen (secondary N) is 1. The Morgan fingerprint density at radius 3 is 2.75 bits per heavy atom. The minimum absolute atomic E-state index is 0.143. The maximum absolute atomic E-state index is 14.0. The molecule has 3 aromatic rings. The Labute approximate surface area is 165 Å². The van der Waals surface area contributed by atoms with Crippen molar-refractivity contribution < 1.29 is 18.7 Å². The zero-order chi connectivity index (χ0) is 19.5. The van der Waals surface area contributed by atoms with E-state index in [-0.39, 0.29) is 25.0 Å². The SMILES string of the molecule is O=C1CN(C(=O)COc2ccccc2)C(c2cccs2)c2cc(F)ccc2N1. The van der Waals surface area contributed by atoms with Crippen LogP contribution in [0.1, 0.15) is 16.5 Å². The Kier molecular flexibility index (Phi) is 5.08. The van der Waals surface area contributed by atoms with Gasteiger partial charge in [0.25, 0.3) is 5.91 Å². The summed E-state index contributed by atoms with van der Waals surface area (Å²) in [5.74, 6) is -0.548. The number of carbonyl (C=O) groups is 2. The van der Waals surface area contributed by atoms with Crippen molar-refractivity contribution in [2.45, 2.75) is 6.04 Å². The Balaban J connectivity index is 1.69. The summed E-state index contributed by atoms with van der Waals surface area (Å²) in [5.41, 5.74) is 1.05. The average molecular weight is 396 g/mol. The number of ether oxygens (including phenoxy) is 1. The van der Waals surface area contributed by atoms with Gasteiger partial charge in [0.05, 0.1) is 6.04 Å². The predicted molar refractivity (Wildman–Crippen MR) is 105 cm³/mol. The van der Waals surface area contributed by atoms with Crippen molar-refractivity contribution in [1.29, 1.82) is 0 Å². The van der Waals surface area contributed by atoms with Crippen molar-refractivity contribution in [2.75, 3.05) is 18.5 Å². The van der Waals surface area contributed by atoms with Crippen LogP contribution >= 0.6 is 11.3 Å². The molecule has 7 heteroatoms. The molecule has 5 nitrogen and oxygen atoms in total. The van der Waals surface area contributed by atoms with Crippen molar-refractivity contribution in [3.05, 3.63) is 82.3 Å². The number of fused-ring (bicyclic) bond motifs is 1. The second-order valence-electron chi connectivity index (χ2n) is 6.32. The first-order valence-corrected chi connectivity index (χ1v) is 9.60. The van der Waals surface area contributed by atoms with E-state index in [1.54, 1.807) is 12.1 Å². The smallest absolute Gasteiger partial charge is 0.261 e. The number of thiophene rings is 1. The molecule has 2 amide bonds. The largest absolute Gasteiger partial charge is 0.484 e. The highest BCUT2D eigenvalue weighted by Crippen LogP contribution is 2.38. The normalized spacial score (nSPS) is 16.1.